The van der Waals surface area contributed by atoms with Gasteiger partial charge in [0.1, 0.15) is 0 Å². The summed E-state index contributed by atoms with van der Waals surface area (Å²) in [5, 5.41) is 5.14. The lowest BCUT2D eigenvalue weighted by Gasteiger charge is -2.44. The highest BCUT2D eigenvalue weighted by atomic mass is 35.5. The maximum absolute atomic E-state index is 6.04. The van der Waals surface area contributed by atoms with Crippen molar-refractivity contribution in [3.8, 4) is 11.4 Å². The Kier molecular flexibility index (Phi) is 4.39. The molecule has 128 valence electrons. The van der Waals surface area contributed by atoms with E-state index in [9.17, 15) is 0 Å². The number of nitrogens with zero attached hydrogens (tertiary/aromatic N) is 3. The van der Waals surface area contributed by atoms with Gasteiger partial charge in [-0.2, -0.15) is 4.98 Å². The lowest BCUT2D eigenvalue weighted by molar-refractivity contribution is -0.117. The van der Waals surface area contributed by atoms with Gasteiger partial charge in [0.25, 0.3) is 0 Å². The predicted molar refractivity (Wildman–Crippen MR) is 90.7 cm³/mol. The van der Waals surface area contributed by atoms with Crippen LogP contribution in [0.3, 0.4) is 0 Å². The van der Waals surface area contributed by atoms with Crippen LogP contribution in [0, 0.1) is 0 Å². The fraction of sp³-hybridized carbons (Fsp3) is 0.500. The molecule has 0 saturated carbocycles. The van der Waals surface area contributed by atoms with Gasteiger partial charge in [0.15, 0.2) is 0 Å². The zero-order chi connectivity index (χ0) is 16.6. The van der Waals surface area contributed by atoms with Crippen LogP contribution >= 0.6 is 23.2 Å². The molecular formula is C16H17Cl2N3O3. The maximum atomic E-state index is 6.04. The highest BCUT2D eigenvalue weighted by Gasteiger charge is 2.39. The molecule has 1 aromatic carbocycles. The molecule has 1 spiro atoms. The van der Waals surface area contributed by atoms with Crippen LogP contribution in [0.15, 0.2) is 22.7 Å². The minimum absolute atomic E-state index is 0.176. The highest BCUT2D eigenvalue weighted by molar-refractivity contribution is 6.35. The van der Waals surface area contributed by atoms with Gasteiger partial charge in [0.05, 0.1) is 18.8 Å². The monoisotopic (exact) mass is 369 g/mol. The number of rotatable bonds is 2. The molecule has 0 aliphatic carbocycles. The number of halogens is 2. The summed E-state index contributed by atoms with van der Waals surface area (Å²) in [6.07, 6.45) is 1.77. The Hall–Kier alpha value is -1.34. The van der Waals surface area contributed by atoms with Crippen LogP contribution in [0.1, 0.15) is 12.8 Å². The maximum Gasteiger partial charge on any atom is 0.324 e. The normalized spacial score (nSPS) is 20.5. The molecule has 3 heterocycles. The van der Waals surface area contributed by atoms with Gasteiger partial charge in [0.2, 0.25) is 5.82 Å². The van der Waals surface area contributed by atoms with Gasteiger partial charge in [-0.1, -0.05) is 28.4 Å². The fourth-order valence-electron chi connectivity index (χ4n) is 3.20. The average molecular weight is 370 g/mol. The second-order valence-corrected chi connectivity index (χ2v) is 7.00. The molecule has 0 unspecified atom stereocenters. The number of morpholine rings is 1. The summed E-state index contributed by atoms with van der Waals surface area (Å²) in [5.74, 6) is 0.474. The summed E-state index contributed by atoms with van der Waals surface area (Å²) < 4.78 is 16.9. The number of ether oxygens (including phenoxy) is 2. The van der Waals surface area contributed by atoms with Crippen molar-refractivity contribution < 1.29 is 14.0 Å². The van der Waals surface area contributed by atoms with Crippen molar-refractivity contribution in [1.29, 1.82) is 0 Å². The van der Waals surface area contributed by atoms with E-state index < -0.39 is 0 Å². The molecule has 0 amide bonds. The van der Waals surface area contributed by atoms with Crippen molar-refractivity contribution in [1.82, 2.24) is 10.1 Å². The molecule has 2 saturated heterocycles. The molecule has 2 aliphatic heterocycles. The first-order valence-corrected chi connectivity index (χ1v) is 8.66. The fourth-order valence-corrected chi connectivity index (χ4v) is 3.72. The van der Waals surface area contributed by atoms with E-state index in [1.165, 1.54) is 0 Å². The van der Waals surface area contributed by atoms with Gasteiger partial charge in [-0.3, -0.25) is 0 Å². The van der Waals surface area contributed by atoms with Gasteiger partial charge in [-0.15, -0.1) is 0 Å². The third-order valence-electron chi connectivity index (χ3n) is 4.46. The molecule has 2 aromatic rings. The Morgan fingerprint density at radius 3 is 2.54 bits per heavy atom. The van der Waals surface area contributed by atoms with Crippen LogP contribution in [0.5, 0.6) is 0 Å². The van der Waals surface area contributed by atoms with Gasteiger partial charge < -0.3 is 18.9 Å². The first-order chi connectivity index (χ1) is 11.6. The van der Waals surface area contributed by atoms with Crippen molar-refractivity contribution in [3.05, 3.63) is 28.2 Å². The van der Waals surface area contributed by atoms with E-state index in [1.54, 1.807) is 18.2 Å². The molecule has 2 fully saturated rings. The van der Waals surface area contributed by atoms with Gasteiger partial charge in [-0.25, -0.2) is 0 Å². The number of hydrogen-bond donors (Lipinski definition) is 0. The van der Waals surface area contributed by atoms with Crippen LogP contribution in [-0.4, -0.2) is 48.7 Å². The first-order valence-electron chi connectivity index (χ1n) is 7.90. The van der Waals surface area contributed by atoms with Crippen molar-refractivity contribution in [2.24, 2.45) is 0 Å². The lowest BCUT2D eigenvalue weighted by atomic mass is 9.92. The van der Waals surface area contributed by atoms with Crippen LogP contribution in [0.4, 0.5) is 6.01 Å². The van der Waals surface area contributed by atoms with E-state index in [4.69, 9.17) is 37.2 Å². The lowest BCUT2D eigenvalue weighted by Crippen LogP contribution is -2.54. The van der Waals surface area contributed by atoms with Crippen LogP contribution in [0.2, 0.25) is 10.0 Å². The molecule has 0 radical (unpaired) electrons. The highest BCUT2D eigenvalue weighted by Crippen LogP contribution is 2.32. The summed E-state index contributed by atoms with van der Waals surface area (Å²) in [7, 11) is 0. The smallest absolute Gasteiger partial charge is 0.324 e. The summed E-state index contributed by atoms with van der Waals surface area (Å²) in [6.45, 7) is 3.55. The first kappa shape index (κ1) is 16.1. The number of benzene rings is 1. The molecule has 1 aromatic heterocycles. The quantitative estimate of drug-likeness (QED) is 0.807. The topological polar surface area (TPSA) is 60.6 Å². The van der Waals surface area contributed by atoms with E-state index >= 15 is 0 Å². The second-order valence-electron chi connectivity index (χ2n) is 6.12. The minimum Gasteiger partial charge on any atom is -0.381 e. The van der Waals surface area contributed by atoms with E-state index in [2.05, 4.69) is 15.0 Å². The van der Waals surface area contributed by atoms with Crippen molar-refractivity contribution in [2.45, 2.75) is 18.4 Å². The molecule has 6 nitrogen and oxygen atoms in total. The molecule has 4 rings (SSSR count). The standard InChI is InChI=1S/C16H17Cl2N3O3/c17-12-7-11(8-13(18)9-12)14-19-15(24-20-14)21-3-6-23-16(10-21)1-4-22-5-2-16/h7-9H,1-6,10H2. The summed E-state index contributed by atoms with van der Waals surface area (Å²) in [4.78, 5) is 6.59. The Morgan fingerprint density at radius 2 is 1.79 bits per heavy atom. The Morgan fingerprint density at radius 1 is 1.04 bits per heavy atom. The second kappa shape index (κ2) is 6.52. The van der Waals surface area contributed by atoms with Gasteiger partial charge in [0, 0.05) is 48.2 Å². The van der Waals surface area contributed by atoms with E-state index in [0.29, 0.717) is 28.5 Å². The van der Waals surface area contributed by atoms with Crippen molar-refractivity contribution in [2.75, 3.05) is 37.8 Å². The zero-order valence-corrected chi connectivity index (χ0v) is 14.5. The van der Waals surface area contributed by atoms with Crippen LogP contribution in [-0.2, 0) is 9.47 Å². The predicted octanol–water partition coefficient (Wildman–Crippen LogP) is 3.43. The van der Waals surface area contributed by atoms with E-state index in [0.717, 1.165) is 44.7 Å². The third kappa shape index (κ3) is 3.24. The largest absolute Gasteiger partial charge is 0.381 e. The average Bonchev–Trinajstić information content (AvgIpc) is 3.05. The minimum atomic E-state index is -0.176. The molecule has 2 aliphatic rings. The SMILES string of the molecule is Clc1cc(Cl)cc(-c2noc(N3CCOC4(CCOCC4)C3)n2)c1. The molecule has 24 heavy (non-hydrogen) atoms. The van der Waals surface area contributed by atoms with Crippen molar-refractivity contribution in [3.63, 3.8) is 0 Å². The summed E-state index contributed by atoms with van der Waals surface area (Å²) in [5.41, 5.74) is 0.557. The molecule has 0 atom stereocenters. The molecule has 0 N–H and O–H groups in total. The van der Waals surface area contributed by atoms with Gasteiger partial charge >= 0.3 is 6.01 Å². The molecular weight excluding hydrogens is 353 g/mol. The number of anilines is 1. The number of hydrogen-bond acceptors (Lipinski definition) is 6. The summed E-state index contributed by atoms with van der Waals surface area (Å²) >= 11 is 12.1. The van der Waals surface area contributed by atoms with Crippen LogP contribution in [0.25, 0.3) is 11.4 Å². The molecule has 8 heteroatoms. The Labute approximate surface area is 149 Å². The van der Waals surface area contributed by atoms with E-state index in [1.807, 2.05) is 0 Å². The Balaban J connectivity index is 1.56. The molecule has 0 bridgehead atoms. The summed E-state index contributed by atoms with van der Waals surface area (Å²) in [6, 6.07) is 5.70. The Bertz CT molecular complexity index is 705. The third-order valence-corrected chi connectivity index (χ3v) is 4.90. The van der Waals surface area contributed by atoms with Crippen LogP contribution < -0.4 is 4.90 Å². The number of aromatic nitrogens is 2. The van der Waals surface area contributed by atoms with E-state index in [-0.39, 0.29) is 5.60 Å². The zero-order valence-electron chi connectivity index (χ0n) is 13.0. The van der Waals surface area contributed by atoms with Gasteiger partial charge in [-0.05, 0) is 18.2 Å². The van der Waals surface area contributed by atoms with Crippen molar-refractivity contribution >= 4 is 29.2 Å².